The molecule has 6 nitrogen and oxygen atoms in total. The normalized spacial score (nSPS) is 12.8. The molecule has 0 radical (unpaired) electrons. The molecule has 0 spiro atoms. The van der Waals surface area contributed by atoms with Gasteiger partial charge in [-0.25, -0.2) is 0 Å². The lowest BCUT2D eigenvalue weighted by atomic mass is 10.1. The first-order chi connectivity index (χ1) is 32.0. The summed E-state index contributed by atoms with van der Waals surface area (Å²) in [5, 5.41) is 0. The van der Waals surface area contributed by atoms with E-state index in [1.54, 1.807) is 0 Å². The van der Waals surface area contributed by atoms with Crippen LogP contribution in [0.3, 0.4) is 0 Å². The van der Waals surface area contributed by atoms with E-state index in [2.05, 4.69) is 118 Å². The van der Waals surface area contributed by atoms with Crippen LogP contribution in [0.2, 0.25) is 0 Å². The van der Waals surface area contributed by atoms with E-state index in [4.69, 9.17) is 14.2 Å². The third-order valence-corrected chi connectivity index (χ3v) is 11.1. The lowest BCUT2D eigenvalue weighted by Crippen LogP contribution is -2.30. The van der Waals surface area contributed by atoms with Gasteiger partial charge in [-0.1, -0.05) is 214 Å². The predicted octanol–water partition coefficient (Wildman–Crippen LogP) is 17.8. The summed E-state index contributed by atoms with van der Waals surface area (Å²) in [6.07, 6.45) is 69.7. The summed E-state index contributed by atoms with van der Waals surface area (Å²) in [6.45, 7) is 6.40. The minimum absolute atomic E-state index is 0.108. The summed E-state index contributed by atoms with van der Waals surface area (Å²) >= 11 is 0. The SMILES string of the molecule is CC/C=C/C=C/C=C/CCCCCCCC(=O)OCC(COC(=O)CCC/C=C/C/C=C/C/C=C/CCCCCCCC)OC(=O)CCCCCCCCC/C=C/C/C=C/CCCCC. The van der Waals surface area contributed by atoms with Gasteiger partial charge < -0.3 is 14.2 Å². The van der Waals surface area contributed by atoms with E-state index in [1.165, 1.54) is 96.3 Å². The Morgan fingerprint density at radius 3 is 1.15 bits per heavy atom. The highest BCUT2D eigenvalue weighted by molar-refractivity contribution is 5.71. The third kappa shape index (κ3) is 51.2. The zero-order valence-corrected chi connectivity index (χ0v) is 42.2. The van der Waals surface area contributed by atoms with Gasteiger partial charge in [0.15, 0.2) is 6.10 Å². The topological polar surface area (TPSA) is 78.9 Å². The van der Waals surface area contributed by atoms with Crippen molar-refractivity contribution < 1.29 is 28.6 Å². The van der Waals surface area contributed by atoms with Crippen LogP contribution in [0, 0.1) is 0 Å². The summed E-state index contributed by atoms with van der Waals surface area (Å²) in [4.78, 5) is 38.0. The average molecular weight is 903 g/mol. The Labute approximate surface area is 400 Å². The molecule has 6 heteroatoms. The van der Waals surface area contributed by atoms with Crippen molar-refractivity contribution in [2.24, 2.45) is 0 Å². The first kappa shape index (κ1) is 61.3. The van der Waals surface area contributed by atoms with Crippen molar-refractivity contribution in [3.8, 4) is 0 Å². The molecule has 0 bridgehead atoms. The molecule has 0 aromatic heterocycles. The fourth-order valence-corrected chi connectivity index (χ4v) is 7.08. The van der Waals surface area contributed by atoms with E-state index >= 15 is 0 Å². The number of esters is 3. The van der Waals surface area contributed by atoms with Crippen LogP contribution >= 0.6 is 0 Å². The smallest absolute Gasteiger partial charge is 0.306 e. The van der Waals surface area contributed by atoms with Gasteiger partial charge in [0.05, 0.1) is 0 Å². The van der Waals surface area contributed by atoms with Crippen molar-refractivity contribution in [2.75, 3.05) is 13.2 Å². The maximum atomic E-state index is 12.8. The minimum atomic E-state index is -0.811. The van der Waals surface area contributed by atoms with Gasteiger partial charge in [0.25, 0.3) is 0 Å². The van der Waals surface area contributed by atoms with Crippen molar-refractivity contribution >= 4 is 17.9 Å². The lowest BCUT2D eigenvalue weighted by molar-refractivity contribution is -0.167. The largest absolute Gasteiger partial charge is 0.462 e. The molecule has 370 valence electrons. The molecule has 0 fully saturated rings. The van der Waals surface area contributed by atoms with Gasteiger partial charge in [0.2, 0.25) is 0 Å². The van der Waals surface area contributed by atoms with Gasteiger partial charge in [-0.05, 0) is 103 Å². The van der Waals surface area contributed by atoms with E-state index in [0.29, 0.717) is 19.3 Å². The zero-order valence-electron chi connectivity index (χ0n) is 42.2. The molecular formula is C59H98O6. The Kier molecular flexibility index (Phi) is 50.0. The van der Waals surface area contributed by atoms with E-state index in [1.807, 2.05) is 0 Å². The van der Waals surface area contributed by atoms with Crippen molar-refractivity contribution in [3.05, 3.63) is 97.2 Å². The van der Waals surface area contributed by atoms with Gasteiger partial charge in [-0.15, -0.1) is 0 Å². The molecule has 0 amide bonds. The van der Waals surface area contributed by atoms with Crippen molar-refractivity contribution in [3.63, 3.8) is 0 Å². The van der Waals surface area contributed by atoms with Gasteiger partial charge in [-0.2, -0.15) is 0 Å². The molecule has 0 aromatic rings. The first-order valence-corrected chi connectivity index (χ1v) is 26.8. The second kappa shape index (κ2) is 52.9. The molecule has 0 aromatic carbocycles. The minimum Gasteiger partial charge on any atom is -0.462 e. The lowest BCUT2D eigenvalue weighted by Gasteiger charge is -2.18. The molecule has 0 rings (SSSR count). The molecular weight excluding hydrogens is 805 g/mol. The molecule has 0 saturated heterocycles. The first-order valence-electron chi connectivity index (χ1n) is 26.8. The Balaban J connectivity index is 4.50. The summed E-state index contributed by atoms with van der Waals surface area (Å²) in [6, 6.07) is 0. The monoisotopic (exact) mass is 903 g/mol. The molecule has 0 heterocycles. The molecule has 0 N–H and O–H groups in total. The average Bonchev–Trinajstić information content (AvgIpc) is 3.30. The fraction of sp³-hybridized carbons (Fsp3) is 0.678. The van der Waals surface area contributed by atoms with Crippen LogP contribution < -0.4 is 0 Å². The maximum absolute atomic E-state index is 12.8. The number of allylic oxidation sites excluding steroid dienone is 16. The number of hydrogen-bond donors (Lipinski definition) is 0. The van der Waals surface area contributed by atoms with Crippen LogP contribution in [0.25, 0.3) is 0 Å². The van der Waals surface area contributed by atoms with E-state index in [-0.39, 0.29) is 37.5 Å². The van der Waals surface area contributed by atoms with Crippen LogP contribution in [-0.4, -0.2) is 37.2 Å². The molecule has 1 atom stereocenters. The summed E-state index contributed by atoms with van der Waals surface area (Å²) < 4.78 is 16.7. The van der Waals surface area contributed by atoms with Crippen LogP contribution in [0.15, 0.2) is 97.2 Å². The molecule has 0 aliphatic heterocycles. The fourth-order valence-electron chi connectivity index (χ4n) is 7.08. The second-order valence-corrected chi connectivity index (χ2v) is 17.5. The number of carbonyl (C=O) groups excluding carboxylic acids is 3. The van der Waals surface area contributed by atoms with Crippen molar-refractivity contribution in [1.82, 2.24) is 0 Å². The molecule has 0 aliphatic carbocycles. The maximum Gasteiger partial charge on any atom is 0.306 e. The summed E-state index contributed by atoms with van der Waals surface area (Å²) in [7, 11) is 0. The second-order valence-electron chi connectivity index (χ2n) is 17.5. The standard InChI is InChI=1S/C59H98O6/c1-4-7-10-13-16-19-22-25-27-29-31-34-37-40-43-46-49-52-58(61)64-55-56(54-63-57(60)51-48-45-42-39-36-33-24-21-18-15-12-9-6-3)65-59(62)53-50-47-44-41-38-35-32-30-28-26-23-20-17-14-11-8-5-2/h9,12,15,17-18,20-21,24-28,31,34,40,43,56H,4-8,10-11,13-14,16,19,22-23,29-30,32-33,35-39,41-42,44-55H2,1-3H3/b12-9+,18-15+,20-17+,24-21+,27-25+,28-26+,34-31+,43-40+. The Hall–Kier alpha value is -3.67. The Morgan fingerprint density at radius 2 is 0.677 bits per heavy atom. The van der Waals surface area contributed by atoms with Gasteiger partial charge in [0.1, 0.15) is 13.2 Å². The molecule has 1 unspecified atom stereocenters. The highest BCUT2D eigenvalue weighted by atomic mass is 16.6. The van der Waals surface area contributed by atoms with Crippen LogP contribution in [-0.2, 0) is 28.6 Å². The summed E-state index contributed by atoms with van der Waals surface area (Å²) in [5.41, 5.74) is 0. The van der Waals surface area contributed by atoms with Crippen LogP contribution in [0.1, 0.15) is 239 Å². The van der Waals surface area contributed by atoms with Crippen LogP contribution in [0.5, 0.6) is 0 Å². The Morgan fingerprint density at radius 1 is 0.338 bits per heavy atom. The quantitative estimate of drug-likeness (QED) is 0.0199. The molecule has 0 saturated carbocycles. The number of ether oxygens (including phenoxy) is 3. The van der Waals surface area contributed by atoms with E-state index in [0.717, 1.165) is 96.3 Å². The molecule has 65 heavy (non-hydrogen) atoms. The molecule has 0 aliphatic rings. The number of carbonyl (C=O) groups is 3. The predicted molar refractivity (Wildman–Crippen MR) is 279 cm³/mol. The van der Waals surface area contributed by atoms with E-state index < -0.39 is 6.10 Å². The van der Waals surface area contributed by atoms with Gasteiger partial charge in [-0.3, -0.25) is 14.4 Å². The number of unbranched alkanes of at least 4 members (excludes halogenated alkanes) is 22. The van der Waals surface area contributed by atoms with Crippen molar-refractivity contribution in [1.29, 1.82) is 0 Å². The van der Waals surface area contributed by atoms with Gasteiger partial charge >= 0.3 is 17.9 Å². The highest BCUT2D eigenvalue weighted by Crippen LogP contribution is 2.13. The van der Waals surface area contributed by atoms with Crippen molar-refractivity contribution in [2.45, 2.75) is 245 Å². The number of hydrogen-bond acceptors (Lipinski definition) is 6. The third-order valence-electron chi connectivity index (χ3n) is 11.1. The summed E-state index contributed by atoms with van der Waals surface area (Å²) in [5.74, 6) is -0.990. The van der Waals surface area contributed by atoms with E-state index in [9.17, 15) is 14.4 Å². The zero-order chi connectivity index (χ0) is 47.2. The van der Waals surface area contributed by atoms with Gasteiger partial charge in [0, 0.05) is 19.3 Å². The number of rotatable bonds is 47. The van der Waals surface area contributed by atoms with Crippen LogP contribution in [0.4, 0.5) is 0 Å². The highest BCUT2D eigenvalue weighted by Gasteiger charge is 2.19. The Bertz CT molecular complexity index is 1310.